The first-order valence-corrected chi connectivity index (χ1v) is 5.30. The number of hydrogen-bond acceptors (Lipinski definition) is 2. The van der Waals surface area contributed by atoms with Crippen LogP contribution in [0.3, 0.4) is 0 Å². The van der Waals surface area contributed by atoms with Crippen LogP contribution in [0.2, 0.25) is 0 Å². The molecule has 1 amide bonds. The van der Waals surface area contributed by atoms with Gasteiger partial charge in [-0.3, -0.25) is 4.79 Å². The molecule has 0 aliphatic heterocycles. The van der Waals surface area contributed by atoms with Crippen molar-refractivity contribution in [1.29, 1.82) is 0 Å². The van der Waals surface area contributed by atoms with Crippen LogP contribution >= 0.6 is 0 Å². The summed E-state index contributed by atoms with van der Waals surface area (Å²) in [6, 6.07) is 11.6. The summed E-state index contributed by atoms with van der Waals surface area (Å²) in [5.41, 5.74) is 7.21. The van der Waals surface area contributed by atoms with Gasteiger partial charge in [-0.2, -0.15) is 0 Å². The quantitative estimate of drug-likeness (QED) is 0.819. The fourth-order valence-corrected chi connectivity index (χ4v) is 1.60. The zero-order valence-electron chi connectivity index (χ0n) is 9.51. The van der Waals surface area contributed by atoms with Gasteiger partial charge < -0.3 is 10.2 Å². The molecule has 2 aromatic rings. The normalized spacial score (nSPS) is 10.9. The molecule has 17 heavy (non-hydrogen) atoms. The van der Waals surface area contributed by atoms with Crippen molar-refractivity contribution >= 4 is 12.0 Å². The number of aryl methyl sites for hydroxylation is 1. The topological polar surface area (TPSA) is 56.2 Å². The third kappa shape index (κ3) is 2.64. The lowest BCUT2D eigenvalue weighted by atomic mass is 10.1. The Morgan fingerprint density at radius 2 is 2.00 bits per heavy atom. The molecular weight excluding hydrogens is 214 g/mol. The third-order valence-corrected chi connectivity index (χ3v) is 2.45. The van der Waals surface area contributed by atoms with Crippen LogP contribution in [0.25, 0.3) is 17.4 Å². The number of amides is 1. The Hall–Kier alpha value is -2.29. The van der Waals surface area contributed by atoms with E-state index >= 15 is 0 Å². The maximum Gasteiger partial charge on any atom is 0.241 e. The summed E-state index contributed by atoms with van der Waals surface area (Å²) in [7, 11) is 0. The Morgan fingerprint density at radius 1 is 1.24 bits per heavy atom. The van der Waals surface area contributed by atoms with Crippen molar-refractivity contribution in [2.75, 3.05) is 0 Å². The number of carbonyl (C=O) groups excluding carboxylic acids is 1. The predicted octanol–water partition coefficient (Wildman–Crippen LogP) is 2.75. The van der Waals surface area contributed by atoms with E-state index in [1.807, 2.05) is 37.3 Å². The first kappa shape index (κ1) is 11.2. The zero-order chi connectivity index (χ0) is 12.3. The van der Waals surface area contributed by atoms with Crippen molar-refractivity contribution in [2.45, 2.75) is 6.92 Å². The molecule has 2 N–H and O–H groups in total. The van der Waals surface area contributed by atoms with Gasteiger partial charge in [-0.05, 0) is 30.7 Å². The van der Waals surface area contributed by atoms with Gasteiger partial charge in [0, 0.05) is 11.6 Å². The first-order valence-electron chi connectivity index (χ1n) is 5.30. The van der Waals surface area contributed by atoms with E-state index < -0.39 is 5.91 Å². The molecule has 1 aromatic heterocycles. The zero-order valence-corrected chi connectivity index (χ0v) is 9.51. The average molecular weight is 227 g/mol. The molecule has 0 atom stereocenters. The molecule has 0 aliphatic carbocycles. The molecule has 3 nitrogen and oxygen atoms in total. The van der Waals surface area contributed by atoms with Gasteiger partial charge in [-0.15, -0.1) is 0 Å². The van der Waals surface area contributed by atoms with E-state index in [-0.39, 0.29) is 0 Å². The highest BCUT2D eigenvalue weighted by Crippen LogP contribution is 2.25. The van der Waals surface area contributed by atoms with Gasteiger partial charge in [0.2, 0.25) is 5.91 Å². The number of primary amides is 1. The summed E-state index contributed by atoms with van der Waals surface area (Å²) in [5, 5.41) is 0. The van der Waals surface area contributed by atoms with Crippen LogP contribution < -0.4 is 5.73 Å². The number of hydrogen-bond donors (Lipinski definition) is 1. The first-order chi connectivity index (χ1) is 8.16. The summed E-state index contributed by atoms with van der Waals surface area (Å²) < 4.78 is 5.61. The number of nitrogens with two attached hydrogens (primary N) is 1. The minimum Gasteiger partial charge on any atom is -0.457 e. The van der Waals surface area contributed by atoms with Gasteiger partial charge >= 0.3 is 0 Å². The van der Waals surface area contributed by atoms with Crippen molar-refractivity contribution in [1.82, 2.24) is 0 Å². The van der Waals surface area contributed by atoms with Crippen LogP contribution in [0.1, 0.15) is 11.3 Å². The fourth-order valence-electron chi connectivity index (χ4n) is 1.60. The molecule has 0 bridgehead atoms. The fraction of sp³-hybridized carbons (Fsp3) is 0.0714. The minimum absolute atomic E-state index is 0.487. The Kier molecular flexibility index (Phi) is 3.10. The van der Waals surface area contributed by atoms with Gasteiger partial charge in [-0.25, -0.2) is 0 Å². The number of rotatable bonds is 3. The standard InChI is InChI=1S/C14H13NO2/c1-10-4-2-3-5-12(10)13-8-6-11(17-13)7-9-14(15)16/h2-9H,1H3,(H2,15,16)/b9-7-. The lowest BCUT2D eigenvalue weighted by Crippen LogP contribution is -2.04. The van der Waals surface area contributed by atoms with Crippen molar-refractivity contribution in [3.05, 3.63) is 53.8 Å². The Morgan fingerprint density at radius 3 is 2.71 bits per heavy atom. The third-order valence-electron chi connectivity index (χ3n) is 2.45. The number of carbonyl (C=O) groups is 1. The molecule has 1 heterocycles. The highest BCUT2D eigenvalue weighted by molar-refractivity contribution is 5.89. The van der Waals surface area contributed by atoms with Crippen LogP contribution in [0.5, 0.6) is 0 Å². The largest absolute Gasteiger partial charge is 0.457 e. The van der Waals surface area contributed by atoms with Crippen LogP contribution in [-0.2, 0) is 4.79 Å². The Balaban J connectivity index is 2.30. The van der Waals surface area contributed by atoms with E-state index in [0.717, 1.165) is 16.9 Å². The van der Waals surface area contributed by atoms with Gasteiger partial charge in [0.25, 0.3) is 0 Å². The molecule has 0 saturated carbocycles. The predicted molar refractivity (Wildman–Crippen MR) is 67.1 cm³/mol. The molecule has 0 fully saturated rings. The highest BCUT2D eigenvalue weighted by atomic mass is 16.3. The molecule has 0 radical (unpaired) electrons. The smallest absolute Gasteiger partial charge is 0.241 e. The molecule has 86 valence electrons. The number of furan rings is 1. The monoisotopic (exact) mass is 227 g/mol. The van der Waals surface area contributed by atoms with Crippen molar-refractivity contribution in [2.24, 2.45) is 5.73 Å². The maximum absolute atomic E-state index is 10.6. The van der Waals surface area contributed by atoms with Gasteiger partial charge in [-0.1, -0.05) is 24.3 Å². The Labute approximate surface area is 99.6 Å². The van der Waals surface area contributed by atoms with E-state index in [4.69, 9.17) is 10.2 Å². The van der Waals surface area contributed by atoms with E-state index in [2.05, 4.69) is 0 Å². The molecule has 1 aromatic carbocycles. The SMILES string of the molecule is Cc1ccccc1-c1ccc(/C=C\C(N)=O)o1. The van der Waals surface area contributed by atoms with E-state index in [1.165, 1.54) is 6.08 Å². The Bertz CT molecular complexity index is 567. The minimum atomic E-state index is -0.487. The molecular formula is C14H13NO2. The molecule has 0 aliphatic rings. The second-order valence-electron chi connectivity index (χ2n) is 3.75. The summed E-state index contributed by atoms with van der Waals surface area (Å²) in [6.07, 6.45) is 2.84. The maximum atomic E-state index is 10.6. The molecule has 0 spiro atoms. The van der Waals surface area contributed by atoms with E-state index in [9.17, 15) is 4.79 Å². The summed E-state index contributed by atoms with van der Waals surface area (Å²) in [6.45, 7) is 2.02. The lowest BCUT2D eigenvalue weighted by molar-refractivity contribution is -0.113. The van der Waals surface area contributed by atoms with Crippen LogP contribution in [-0.4, -0.2) is 5.91 Å². The van der Waals surface area contributed by atoms with E-state index in [1.54, 1.807) is 12.1 Å². The van der Waals surface area contributed by atoms with Crippen LogP contribution in [0, 0.1) is 6.92 Å². The van der Waals surface area contributed by atoms with Gasteiger partial charge in [0.1, 0.15) is 11.5 Å². The lowest BCUT2D eigenvalue weighted by Gasteiger charge is -2.00. The molecule has 3 heteroatoms. The summed E-state index contributed by atoms with van der Waals surface area (Å²) in [4.78, 5) is 10.6. The molecule has 0 saturated heterocycles. The number of benzene rings is 1. The second-order valence-corrected chi connectivity index (χ2v) is 3.75. The average Bonchev–Trinajstić information content (AvgIpc) is 2.75. The van der Waals surface area contributed by atoms with Crippen molar-refractivity contribution in [3.63, 3.8) is 0 Å². The van der Waals surface area contributed by atoms with Crippen molar-refractivity contribution < 1.29 is 9.21 Å². The van der Waals surface area contributed by atoms with E-state index in [0.29, 0.717) is 5.76 Å². The van der Waals surface area contributed by atoms with Gasteiger partial charge in [0.15, 0.2) is 0 Å². The van der Waals surface area contributed by atoms with Crippen LogP contribution in [0.15, 0.2) is 46.9 Å². The van der Waals surface area contributed by atoms with Crippen LogP contribution in [0.4, 0.5) is 0 Å². The molecule has 2 rings (SSSR count). The molecule has 0 unspecified atom stereocenters. The highest BCUT2D eigenvalue weighted by Gasteiger charge is 2.05. The summed E-state index contributed by atoms with van der Waals surface area (Å²) in [5.74, 6) is 0.910. The van der Waals surface area contributed by atoms with Gasteiger partial charge in [0.05, 0.1) is 0 Å². The second kappa shape index (κ2) is 4.70. The summed E-state index contributed by atoms with van der Waals surface area (Å²) >= 11 is 0. The van der Waals surface area contributed by atoms with Crippen molar-refractivity contribution in [3.8, 4) is 11.3 Å².